The predicted molar refractivity (Wildman–Crippen MR) is 94.8 cm³/mol. The third kappa shape index (κ3) is 4.05. The minimum atomic E-state index is -2.13. The van der Waals surface area contributed by atoms with Crippen LogP contribution in [-0.2, 0) is 9.53 Å². The van der Waals surface area contributed by atoms with Crippen molar-refractivity contribution in [3.63, 3.8) is 0 Å². The molecule has 4 heteroatoms. The van der Waals surface area contributed by atoms with Crippen molar-refractivity contribution < 1.29 is 9.53 Å². The van der Waals surface area contributed by atoms with Crippen molar-refractivity contribution in [2.24, 2.45) is 0 Å². The van der Waals surface area contributed by atoms with Crippen LogP contribution in [0.25, 0.3) is 0 Å². The fourth-order valence-corrected chi connectivity index (χ4v) is 48.2. The Morgan fingerprint density at radius 3 is 1.25 bits per heavy atom. The minimum absolute atomic E-state index is 0.198. The second-order valence-electron chi connectivity index (χ2n) is 6.03. The van der Waals surface area contributed by atoms with Crippen LogP contribution < -0.4 is 0 Å². The molecule has 0 bridgehead atoms. The summed E-state index contributed by atoms with van der Waals surface area (Å²) in [5, 5.41) is 7.69. The normalized spacial score (nSPS) is 12.8. The second-order valence-corrected chi connectivity index (χ2v) is 31.3. The number of ether oxygens (including phenoxy) is 1. The average Bonchev–Trinajstić information content (AvgIpc) is 2.49. The molecule has 20 heavy (non-hydrogen) atoms. The summed E-state index contributed by atoms with van der Waals surface area (Å²) in [6.45, 7) is 16.5. The van der Waals surface area contributed by atoms with Gasteiger partial charge in [-0.1, -0.05) is 0 Å². The topological polar surface area (TPSA) is 26.3 Å². The molecule has 0 amide bonds. The first kappa shape index (κ1) is 20.6. The van der Waals surface area contributed by atoms with Crippen molar-refractivity contribution >= 4 is 32.5 Å². The van der Waals surface area contributed by atoms with Gasteiger partial charge in [-0.25, -0.2) is 0 Å². The SMILES string of the molecule is CCOC(=O)[CH]([Ge]([CH2]C)([CH2]C)[CH2]C)[Ge]([CH2]C)([CH2]C)[CH2]C. The number of hydrogen-bond acceptors (Lipinski definition) is 2. The van der Waals surface area contributed by atoms with Crippen LogP contribution in [0.1, 0.15) is 48.5 Å². The summed E-state index contributed by atoms with van der Waals surface area (Å²) in [7, 11) is 0. The van der Waals surface area contributed by atoms with Gasteiger partial charge in [-0.05, 0) is 0 Å². The molecular weight excluding hydrogens is 369 g/mol. The first-order valence-electron chi connectivity index (χ1n) is 8.63. The van der Waals surface area contributed by atoms with E-state index in [4.69, 9.17) is 4.74 Å². The fraction of sp³-hybridized carbons (Fsp3) is 0.938. The molecule has 0 saturated carbocycles. The van der Waals surface area contributed by atoms with Gasteiger partial charge >= 0.3 is 132 Å². The van der Waals surface area contributed by atoms with Gasteiger partial charge in [0.1, 0.15) is 0 Å². The van der Waals surface area contributed by atoms with Crippen LogP contribution in [0.15, 0.2) is 0 Å². The Morgan fingerprint density at radius 2 is 1.05 bits per heavy atom. The van der Waals surface area contributed by atoms with Gasteiger partial charge in [0.05, 0.1) is 0 Å². The Balaban J connectivity index is 5.86. The van der Waals surface area contributed by atoms with Crippen LogP contribution in [0.2, 0.25) is 35.1 Å². The van der Waals surface area contributed by atoms with Crippen LogP contribution in [0.3, 0.4) is 0 Å². The van der Waals surface area contributed by atoms with Crippen LogP contribution >= 0.6 is 0 Å². The number of carbonyl (C=O) groups excluding carboxylic acids is 1. The summed E-state index contributed by atoms with van der Waals surface area (Å²) >= 11 is -4.26. The monoisotopic (exact) mass is 408 g/mol. The summed E-state index contributed by atoms with van der Waals surface area (Å²) in [6, 6.07) is 0. The molecule has 2 nitrogen and oxygen atoms in total. The van der Waals surface area contributed by atoms with Gasteiger partial charge in [-0.3, -0.25) is 0 Å². The molecule has 0 aromatic rings. The van der Waals surface area contributed by atoms with E-state index in [-0.39, 0.29) is 5.97 Å². The van der Waals surface area contributed by atoms with E-state index in [1.54, 1.807) is 0 Å². The van der Waals surface area contributed by atoms with Gasteiger partial charge in [0.15, 0.2) is 0 Å². The van der Waals surface area contributed by atoms with Gasteiger partial charge in [0.25, 0.3) is 0 Å². The molecule has 0 unspecified atom stereocenters. The van der Waals surface area contributed by atoms with Crippen molar-refractivity contribution in [1.29, 1.82) is 0 Å². The molecule has 0 spiro atoms. The zero-order valence-electron chi connectivity index (χ0n) is 14.8. The van der Waals surface area contributed by atoms with Crippen LogP contribution in [0.4, 0.5) is 0 Å². The molecule has 0 atom stereocenters. The summed E-state index contributed by atoms with van der Waals surface area (Å²) in [5.74, 6) is 0.198. The summed E-state index contributed by atoms with van der Waals surface area (Å²) < 4.78 is 5.98. The molecule has 0 heterocycles. The quantitative estimate of drug-likeness (QED) is 0.355. The van der Waals surface area contributed by atoms with E-state index >= 15 is 0 Å². The third-order valence-electron chi connectivity index (χ3n) is 5.97. The first-order chi connectivity index (χ1) is 9.47. The Morgan fingerprint density at radius 1 is 0.750 bits per heavy atom. The summed E-state index contributed by atoms with van der Waals surface area (Å²) in [6.07, 6.45) is 0. The fourth-order valence-electron chi connectivity index (χ4n) is 4.10. The molecule has 0 aliphatic rings. The maximum absolute atomic E-state index is 12.9. The Hall–Kier alpha value is 0.556. The molecule has 0 aliphatic carbocycles. The first-order valence-corrected chi connectivity index (χ1v) is 20.0. The van der Waals surface area contributed by atoms with Crippen LogP contribution in [0, 0.1) is 0 Å². The van der Waals surface area contributed by atoms with Crippen LogP contribution in [0.5, 0.6) is 0 Å². The predicted octanol–water partition coefficient (Wildman–Crippen LogP) is 5.48. The van der Waals surface area contributed by atoms with Crippen molar-refractivity contribution in [2.45, 2.75) is 83.6 Å². The molecule has 0 aromatic heterocycles. The third-order valence-corrected chi connectivity index (χ3v) is 43.2. The molecular formula is C16H36Ge2O2. The van der Waals surface area contributed by atoms with Crippen molar-refractivity contribution in [3.8, 4) is 0 Å². The number of hydrogen-bond donors (Lipinski definition) is 0. The van der Waals surface area contributed by atoms with Gasteiger partial charge in [0, 0.05) is 0 Å². The zero-order valence-corrected chi connectivity index (χ0v) is 19.0. The molecule has 0 aromatic carbocycles. The summed E-state index contributed by atoms with van der Waals surface area (Å²) in [4.78, 5) is 12.9. The molecule has 0 rings (SSSR count). The molecule has 0 N–H and O–H groups in total. The maximum atomic E-state index is 12.9. The molecule has 0 aliphatic heterocycles. The van der Waals surface area contributed by atoms with E-state index in [9.17, 15) is 4.79 Å². The van der Waals surface area contributed by atoms with Crippen molar-refractivity contribution in [1.82, 2.24) is 0 Å². The number of esters is 1. The van der Waals surface area contributed by atoms with Gasteiger partial charge < -0.3 is 0 Å². The van der Waals surface area contributed by atoms with E-state index in [0.717, 1.165) is 0 Å². The summed E-state index contributed by atoms with van der Waals surface area (Å²) in [5.41, 5.74) is 0. The van der Waals surface area contributed by atoms with Crippen LogP contribution in [-0.4, -0.2) is 39.1 Å². The average molecular weight is 406 g/mol. The molecule has 0 radical (unpaired) electrons. The standard InChI is InChI=1S/C16H36Ge2O2/c1-8-17(9-2,10-3)15(16(19)20-14-7)18(11-4,12-5)13-6/h15H,8-14H2,1-7H3. The number of carbonyl (C=O) groups is 1. The molecule has 120 valence electrons. The van der Waals surface area contributed by atoms with E-state index in [0.29, 0.717) is 10.2 Å². The Labute approximate surface area is 132 Å². The van der Waals surface area contributed by atoms with Gasteiger partial charge in [-0.15, -0.1) is 0 Å². The Kier molecular flexibility index (Phi) is 9.81. The molecule has 0 saturated heterocycles. The van der Waals surface area contributed by atoms with Gasteiger partial charge in [0.2, 0.25) is 0 Å². The van der Waals surface area contributed by atoms with E-state index in [1.165, 1.54) is 31.5 Å². The van der Waals surface area contributed by atoms with Crippen molar-refractivity contribution in [2.75, 3.05) is 6.61 Å². The van der Waals surface area contributed by atoms with E-state index in [2.05, 4.69) is 41.5 Å². The molecule has 0 fully saturated rings. The zero-order chi connectivity index (χ0) is 15.8. The second kappa shape index (κ2) is 9.55. The van der Waals surface area contributed by atoms with Gasteiger partial charge in [-0.2, -0.15) is 0 Å². The number of rotatable bonds is 10. The van der Waals surface area contributed by atoms with E-state index < -0.39 is 26.5 Å². The van der Waals surface area contributed by atoms with Crippen molar-refractivity contribution in [3.05, 3.63) is 0 Å². The van der Waals surface area contributed by atoms with E-state index in [1.807, 2.05) is 6.92 Å². The Bertz CT molecular complexity index is 248.